The molecular weight excluding hydrogens is 476 g/mol. The van der Waals surface area contributed by atoms with Crippen LogP contribution < -0.4 is 21.1 Å². The number of nitrogens with one attached hydrogen (secondary N) is 2. The molecule has 2 aromatic heterocycles. The van der Waals surface area contributed by atoms with Crippen molar-refractivity contribution in [3.8, 4) is 5.75 Å². The Labute approximate surface area is 191 Å². The quantitative estimate of drug-likeness (QED) is 0.440. The molecule has 0 aliphatic carbocycles. The molecule has 1 aromatic carbocycles. The lowest BCUT2D eigenvalue weighted by Crippen LogP contribution is -2.40. The van der Waals surface area contributed by atoms with Gasteiger partial charge in [-0.3, -0.25) is 9.36 Å². The Morgan fingerprint density at radius 1 is 1.33 bits per heavy atom. The fraction of sp³-hybridized carbons (Fsp3) is 0.294. The van der Waals surface area contributed by atoms with Gasteiger partial charge in [-0.15, -0.1) is 0 Å². The van der Waals surface area contributed by atoms with E-state index in [1.807, 2.05) is 0 Å². The molecule has 1 amide bonds. The Bertz CT molecular complexity index is 1080. The van der Waals surface area contributed by atoms with Gasteiger partial charge in [-0.1, -0.05) is 53.3 Å². The molecule has 0 spiro atoms. The number of carbonyl (C=O) groups is 1. The number of fused-ring (bicyclic) bond motifs is 1. The van der Waals surface area contributed by atoms with E-state index in [0.29, 0.717) is 27.8 Å². The number of ether oxygens (including phenoxy) is 1. The first-order valence-corrected chi connectivity index (χ1v) is 10.1. The topological polar surface area (TPSA) is 120 Å². The van der Waals surface area contributed by atoms with Crippen LogP contribution in [0.15, 0.2) is 24.5 Å². The van der Waals surface area contributed by atoms with E-state index < -0.39 is 9.96 Å². The van der Waals surface area contributed by atoms with Crippen molar-refractivity contribution >= 4 is 80.9 Å². The molecule has 0 aliphatic rings. The highest BCUT2D eigenvalue weighted by Gasteiger charge is 2.36. The largest absolute Gasteiger partial charge is 0.495 e. The average Bonchev–Trinajstić information content (AvgIpc) is 3.08. The van der Waals surface area contributed by atoms with Gasteiger partial charge < -0.3 is 21.1 Å². The molecule has 0 fully saturated rings. The minimum Gasteiger partial charge on any atom is -0.495 e. The highest BCUT2D eigenvalue weighted by Crippen LogP contribution is 2.39. The first-order chi connectivity index (χ1) is 14.1. The van der Waals surface area contributed by atoms with E-state index in [4.69, 9.17) is 56.9 Å². The molecule has 3 aromatic rings. The molecule has 1 atom stereocenters. The number of aromatic nitrogens is 4. The second-order valence-corrected chi connectivity index (χ2v) is 8.87. The SMILES string of the molecule is CCC(=O)NC(n1cnc2c(Nc3ccc(OC)c(Cl)c3)nc(N)nc21)C(Cl)(Cl)Cl. The molecule has 4 N–H and O–H groups in total. The Morgan fingerprint density at radius 3 is 2.67 bits per heavy atom. The summed E-state index contributed by atoms with van der Waals surface area (Å²) in [6.07, 6.45) is 0.511. The van der Waals surface area contributed by atoms with Crippen molar-refractivity contribution in [1.29, 1.82) is 0 Å². The van der Waals surface area contributed by atoms with Crippen molar-refractivity contribution < 1.29 is 9.53 Å². The minimum absolute atomic E-state index is 0.0451. The molecule has 0 aliphatic heterocycles. The lowest BCUT2D eigenvalue weighted by Gasteiger charge is -2.26. The highest BCUT2D eigenvalue weighted by atomic mass is 35.6. The van der Waals surface area contributed by atoms with Crippen LogP contribution in [0.2, 0.25) is 5.02 Å². The number of alkyl halides is 3. The van der Waals surface area contributed by atoms with Gasteiger partial charge in [0.05, 0.1) is 18.5 Å². The molecular formula is C17H17Cl4N7O2. The van der Waals surface area contributed by atoms with Gasteiger partial charge in [0, 0.05) is 12.1 Å². The zero-order valence-electron chi connectivity index (χ0n) is 15.8. The van der Waals surface area contributed by atoms with E-state index in [-0.39, 0.29) is 23.9 Å². The number of hydrogen-bond donors (Lipinski definition) is 3. The average molecular weight is 493 g/mol. The van der Waals surface area contributed by atoms with Gasteiger partial charge in [0.15, 0.2) is 23.1 Å². The molecule has 30 heavy (non-hydrogen) atoms. The summed E-state index contributed by atoms with van der Waals surface area (Å²) in [6, 6.07) is 5.11. The normalized spacial score (nSPS) is 12.6. The first kappa shape index (κ1) is 22.5. The summed E-state index contributed by atoms with van der Waals surface area (Å²) in [5.41, 5.74) is 7.11. The maximum Gasteiger partial charge on any atom is 0.229 e. The molecule has 0 saturated carbocycles. The molecule has 13 heteroatoms. The third-order valence-electron chi connectivity index (χ3n) is 4.06. The zero-order valence-corrected chi connectivity index (χ0v) is 18.8. The van der Waals surface area contributed by atoms with Crippen molar-refractivity contribution in [3.05, 3.63) is 29.5 Å². The second kappa shape index (κ2) is 8.89. The number of methoxy groups -OCH3 is 1. The number of halogens is 4. The van der Waals surface area contributed by atoms with E-state index in [9.17, 15) is 4.79 Å². The van der Waals surface area contributed by atoms with E-state index in [1.165, 1.54) is 18.0 Å². The number of nitrogens with two attached hydrogens (primary N) is 1. The predicted molar refractivity (Wildman–Crippen MR) is 119 cm³/mol. The van der Waals surface area contributed by atoms with Crippen LogP contribution in [0.3, 0.4) is 0 Å². The molecule has 1 unspecified atom stereocenters. The summed E-state index contributed by atoms with van der Waals surface area (Å²) in [4.78, 5) is 24.7. The fourth-order valence-electron chi connectivity index (χ4n) is 2.65. The number of carbonyl (C=O) groups excluding carboxylic acids is 1. The van der Waals surface area contributed by atoms with Crippen molar-refractivity contribution in [2.45, 2.75) is 23.3 Å². The van der Waals surface area contributed by atoms with Gasteiger partial charge in [-0.05, 0) is 18.2 Å². The van der Waals surface area contributed by atoms with Crippen molar-refractivity contribution in [2.75, 3.05) is 18.2 Å². The number of rotatable bonds is 6. The highest BCUT2D eigenvalue weighted by molar-refractivity contribution is 6.68. The number of benzene rings is 1. The lowest BCUT2D eigenvalue weighted by atomic mass is 10.3. The number of hydrogen-bond acceptors (Lipinski definition) is 7. The summed E-state index contributed by atoms with van der Waals surface area (Å²) in [5, 5.41) is 6.14. The predicted octanol–water partition coefficient (Wildman–Crippen LogP) is 4.21. The van der Waals surface area contributed by atoms with Crippen molar-refractivity contribution in [1.82, 2.24) is 24.8 Å². The molecule has 160 valence electrons. The van der Waals surface area contributed by atoms with Crippen LogP contribution in [0.5, 0.6) is 5.75 Å². The number of amides is 1. The smallest absolute Gasteiger partial charge is 0.229 e. The summed E-state index contributed by atoms with van der Waals surface area (Å²) in [5.74, 6) is 0.469. The molecule has 0 saturated heterocycles. The van der Waals surface area contributed by atoms with Crippen molar-refractivity contribution in [2.24, 2.45) is 0 Å². The summed E-state index contributed by atoms with van der Waals surface area (Å²) in [7, 11) is 1.52. The third kappa shape index (κ3) is 4.75. The minimum atomic E-state index is -1.88. The van der Waals surface area contributed by atoms with Gasteiger partial charge in [-0.25, -0.2) is 4.98 Å². The molecule has 0 bridgehead atoms. The number of nitrogen functional groups attached to an aromatic ring is 1. The van der Waals surface area contributed by atoms with Crippen LogP contribution in [-0.4, -0.2) is 36.3 Å². The number of anilines is 3. The molecule has 2 heterocycles. The third-order valence-corrected chi connectivity index (χ3v) is 4.98. The van der Waals surface area contributed by atoms with Gasteiger partial charge in [-0.2, -0.15) is 9.97 Å². The van der Waals surface area contributed by atoms with E-state index in [0.717, 1.165) is 0 Å². The Morgan fingerprint density at radius 2 is 2.07 bits per heavy atom. The first-order valence-electron chi connectivity index (χ1n) is 8.60. The summed E-state index contributed by atoms with van der Waals surface area (Å²) in [6.45, 7) is 1.68. The monoisotopic (exact) mass is 491 g/mol. The van der Waals surface area contributed by atoms with Crippen molar-refractivity contribution in [3.63, 3.8) is 0 Å². The summed E-state index contributed by atoms with van der Waals surface area (Å²) >= 11 is 24.5. The summed E-state index contributed by atoms with van der Waals surface area (Å²) < 4.78 is 4.69. The van der Waals surface area contributed by atoms with E-state index in [1.54, 1.807) is 25.1 Å². The second-order valence-electron chi connectivity index (χ2n) is 6.09. The van der Waals surface area contributed by atoms with Crippen LogP contribution in [0, 0.1) is 0 Å². The van der Waals surface area contributed by atoms with Crippen LogP contribution in [-0.2, 0) is 4.79 Å². The van der Waals surface area contributed by atoms with E-state index >= 15 is 0 Å². The lowest BCUT2D eigenvalue weighted by molar-refractivity contribution is -0.122. The zero-order chi connectivity index (χ0) is 22.1. The molecule has 3 rings (SSSR count). The standard InChI is InChI=1S/C17H17Cl4N7O2/c1-3-11(29)25-15(17(19,20)21)28-7-23-12-13(26-16(22)27-14(12)28)24-8-4-5-10(30-2)9(18)6-8/h4-7,15H,3H2,1-2H3,(H,25,29)(H3,22,24,26,27). The number of imidazole rings is 1. The van der Waals surface area contributed by atoms with E-state index in [2.05, 4.69) is 25.6 Å². The van der Waals surface area contributed by atoms with Gasteiger partial charge in [0.1, 0.15) is 5.75 Å². The Balaban J connectivity index is 2.06. The molecule has 9 nitrogen and oxygen atoms in total. The van der Waals surface area contributed by atoms with Gasteiger partial charge in [0.2, 0.25) is 15.6 Å². The van der Waals surface area contributed by atoms with Crippen LogP contribution in [0.4, 0.5) is 17.5 Å². The fourth-order valence-corrected chi connectivity index (χ4v) is 3.39. The maximum atomic E-state index is 11.9. The Kier molecular flexibility index (Phi) is 6.66. The Hall–Kier alpha value is -2.20. The van der Waals surface area contributed by atoms with Crippen LogP contribution in [0.1, 0.15) is 19.5 Å². The maximum absolute atomic E-state index is 11.9. The number of nitrogens with zero attached hydrogens (tertiary/aromatic N) is 4. The van der Waals surface area contributed by atoms with Gasteiger partial charge in [0.25, 0.3) is 0 Å². The molecule has 0 radical (unpaired) electrons. The van der Waals surface area contributed by atoms with Crippen LogP contribution >= 0.6 is 46.4 Å². The van der Waals surface area contributed by atoms with Gasteiger partial charge >= 0.3 is 0 Å². The van der Waals surface area contributed by atoms with Crippen LogP contribution in [0.25, 0.3) is 11.2 Å².